The number of halogens is 2. The van der Waals surface area contributed by atoms with Gasteiger partial charge < -0.3 is 18.9 Å². The lowest BCUT2D eigenvalue weighted by molar-refractivity contribution is 0.103. The lowest BCUT2D eigenvalue weighted by atomic mass is 9.74. The van der Waals surface area contributed by atoms with E-state index in [1.807, 2.05) is 116 Å². The number of ether oxygens (including phenoxy) is 4. The van der Waals surface area contributed by atoms with Crippen LogP contribution in [0, 0.1) is 6.92 Å². The van der Waals surface area contributed by atoms with Crippen LogP contribution >= 0.6 is 23.2 Å². The molecule has 426 valence electrons. The van der Waals surface area contributed by atoms with Gasteiger partial charge in [0, 0.05) is 54.3 Å². The first-order chi connectivity index (χ1) is 41.5. The summed E-state index contributed by atoms with van der Waals surface area (Å²) in [6, 6.07) is 83.8. The van der Waals surface area contributed by atoms with E-state index in [0.29, 0.717) is 72.2 Å². The van der Waals surface area contributed by atoms with E-state index in [-0.39, 0.29) is 28.2 Å². The van der Waals surface area contributed by atoms with E-state index in [2.05, 4.69) is 76.2 Å². The highest BCUT2D eigenvalue weighted by molar-refractivity contribution is 6.31. The van der Waals surface area contributed by atoms with Crippen LogP contribution in [-0.4, -0.2) is 24.5 Å². The van der Waals surface area contributed by atoms with Crippen LogP contribution in [0.5, 0.6) is 40.2 Å². The van der Waals surface area contributed by atoms with Gasteiger partial charge in [0.15, 0.2) is 17.3 Å². The van der Waals surface area contributed by atoms with Crippen LogP contribution in [0.25, 0.3) is 11.1 Å². The number of carbonyl (C=O) groups is 3. The number of carbonyl (C=O) groups excluding carboxylic acids is 3. The van der Waals surface area contributed by atoms with Crippen LogP contribution in [-0.2, 0) is 10.8 Å². The first-order valence-corrected chi connectivity index (χ1v) is 28.9. The Balaban J connectivity index is 0.000000191. The third-order valence-electron chi connectivity index (χ3n) is 15.3. The number of rotatable bonds is 18. The zero-order valence-corrected chi connectivity index (χ0v) is 50.0. The largest absolute Gasteiger partial charge is 0.497 e. The standard InChI is InChI=1S/C39H27ClO4.C38H35ClO3/c1-26-2-4-29(5-3-26)38(41)31-12-22-36(23-13-31)43-34-18-8-27(9-19-34)28-10-20-35(21-11-28)44-37-24-14-32(15-25-37)39(42)30-6-16-33(40)17-7-30;1-37(2,30-14-22-33(41-5)23-15-30)28-10-12-29(13-11-28)38(3,4)31-16-24-35(25-17-31)42-34-20-8-27(9-21-34)36(40)26-6-18-32(39)19-7-26/h2-25H,1H3;6-25H,1-5H3. The van der Waals surface area contributed by atoms with Crippen molar-refractivity contribution in [2.75, 3.05) is 7.11 Å². The number of benzene rings is 11. The van der Waals surface area contributed by atoms with Gasteiger partial charge >= 0.3 is 0 Å². The molecule has 0 aliphatic rings. The summed E-state index contributed by atoms with van der Waals surface area (Å²) in [5, 5.41) is 1.20. The topological polar surface area (TPSA) is 88.1 Å². The van der Waals surface area contributed by atoms with Gasteiger partial charge in [-0.3, -0.25) is 14.4 Å². The summed E-state index contributed by atoms with van der Waals surface area (Å²) in [6.45, 7) is 11.0. The van der Waals surface area contributed by atoms with Crippen molar-refractivity contribution in [1.82, 2.24) is 0 Å². The Bertz CT molecular complexity index is 3940. The van der Waals surface area contributed by atoms with Crippen molar-refractivity contribution >= 4 is 40.6 Å². The van der Waals surface area contributed by atoms with Gasteiger partial charge in [-0.2, -0.15) is 0 Å². The number of ketones is 3. The van der Waals surface area contributed by atoms with Crippen molar-refractivity contribution in [2.24, 2.45) is 0 Å². The molecule has 11 rings (SSSR count). The normalized spacial score (nSPS) is 11.2. The van der Waals surface area contributed by atoms with Crippen LogP contribution in [0.1, 0.15) is 103 Å². The monoisotopic (exact) mass is 1170 g/mol. The van der Waals surface area contributed by atoms with Crippen LogP contribution in [0.2, 0.25) is 10.0 Å². The van der Waals surface area contributed by atoms with Crippen LogP contribution < -0.4 is 18.9 Å². The van der Waals surface area contributed by atoms with E-state index < -0.39 is 0 Å². The minimum Gasteiger partial charge on any atom is -0.497 e. The Morgan fingerprint density at radius 3 is 0.733 bits per heavy atom. The van der Waals surface area contributed by atoms with E-state index >= 15 is 0 Å². The van der Waals surface area contributed by atoms with Gasteiger partial charge in [-0.15, -0.1) is 0 Å². The highest BCUT2D eigenvalue weighted by Gasteiger charge is 2.27. The molecule has 7 nitrogen and oxygen atoms in total. The molecule has 0 heterocycles. The first-order valence-electron chi connectivity index (χ1n) is 28.1. The quantitative estimate of drug-likeness (QED) is 0.0791. The predicted molar refractivity (Wildman–Crippen MR) is 346 cm³/mol. The molecular weight excluding hydrogens is 1110 g/mol. The molecule has 0 aliphatic heterocycles. The molecule has 0 bridgehead atoms. The number of hydrogen-bond donors (Lipinski definition) is 0. The van der Waals surface area contributed by atoms with Gasteiger partial charge in [-0.1, -0.05) is 154 Å². The predicted octanol–water partition coefficient (Wildman–Crippen LogP) is 20.4. The van der Waals surface area contributed by atoms with Gasteiger partial charge in [0.05, 0.1) is 7.11 Å². The van der Waals surface area contributed by atoms with Crippen molar-refractivity contribution in [3.63, 3.8) is 0 Å². The van der Waals surface area contributed by atoms with E-state index in [1.165, 1.54) is 22.3 Å². The molecular formula is C77H62Cl2O7. The third kappa shape index (κ3) is 14.4. The SMILES string of the molecule is COc1ccc(C(C)(C)c2ccc(C(C)(C)c3ccc(Oc4ccc(C(=O)c5ccc(Cl)cc5)cc4)cc3)cc2)cc1.Cc1ccc(C(=O)c2ccc(Oc3ccc(-c4ccc(Oc5ccc(C(=O)c6ccc(Cl)cc6)cc5)cc4)cc3)cc2)cc1. The molecule has 0 fully saturated rings. The summed E-state index contributed by atoms with van der Waals surface area (Å²) >= 11 is 11.9. The summed E-state index contributed by atoms with van der Waals surface area (Å²) in [4.78, 5) is 38.2. The summed E-state index contributed by atoms with van der Waals surface area (Å²) in [5.41, 5.74) is 11.4. The Kier molecular flexibility index (Phi) is 18.2. The number of methoxy groups -OCH3 is 1. The molecule has 0 unspecified atom stereocenters. The van der Waals surface area contributed by atoms with Crippen LogP contribution in [0.4, 0.5) is 0 Å². The highest BCUT2D eigenvalue weighted by atomic mass is 35.5. The van der Waals surface area contributed by atoms with Crippen molar-refractivity contribution in [3.05, 3.63) is 338 Å². The van der Waals surface area contributed by atoms with Gasteiger partial charge in [0.2, 0.25) is 0 Å². The van der Waals surface area contributed by atoms with Crippen molar-refractivity contribution in [2.45, 2.75) is 45.4 Å². The Labute approximate surface area is 513 Å². The lowest BCUT2D eigenvalue weighted by Crippen LogP contribution is -2.21. The van der Waals surface area contributed by atoms with E-state index in [4.69, 9.17) is 42.1 Å². The van der Waals surface area contributed by atoms with Gasteiger partial charge in [0.1, 0.15) is 40.2 Å². The number of hydrogen-bond acceptors (Lipinski definition) is 7. The van der Waals surface area contributed by atoms with Gasteiger partial charge in [-0.05, 0) is 210 Å². The van der Waals surface area contributed by atoms with E-state index in [0.717, 1.165) is 28.2 Å². The lowest BCUT2D eigenvalue weighted by Gasteiger charge is -2.29. The zero-order valence-electron chi connectivity index (χ0n) is 48.5. The van der Waals surface area contributed by atoms with Crippen LogP contribution in [0.15, 0.2) is 267 Å². The number of aryl methyl sites for hydroxylation is 1. The fourth-order valence-corrected chi connectivity index (χ4v) is 10.1. The second-order valence-electron chi connectivity index (χ2n) is 21.9. The van der Waals surface area contributed by atoms with Crippen molar-refractivity contribution < 1.29 is 33.3 Å². The molecule has 0 spiro atoms. The molecule has 0 saturated heterocycles. The molecule has 9 heteroatoms. The van der Waals surface area contributed by atoms with Gasteiger partial charge in [0.25, 0.3) is 0 Å². The average molecular weight is 1170 g/mol. The third-order valence-corrected chi connectivity index (χ3v) is 15.8. The fraction of sp³-hybridized carbons (Fsp3) is 0.104. The Morgan fingerprint density at radius 1 is 0.279 bits per heavy atom. The molecule has 0 aromatic heterocycles. The van der Waals surface area contributed by atoms with Crippen LogP contribution in [0.3, 0.4) is 0 Å². The van der Waals surface area contributed by atoms with Crippen molar-refractivity contribution in [3.8, 4) is 51.4 Å². The highest BCUT2D eigenvalue weighted by Crippen LogP contribution is 2.38. The molecule has 0 radical (unpaired) electrons. The molecule has 11 aromatic carbocycles. The molecule has 0 N–H and O–H groups in total. The second kappa shape index (κ2) is 26.4. The maximum absolute atomic E-state index is 12.7. The molecule has 86 heavy (non-hydrogen) atoms. The van der Waals surface area contributed by atoms with Gasteiger partial charge in [-0.25, -0.2) is 0 Å². The molecule has 0 atom stereocenters. The summed E-state index contributed by atoms with van der Waals surface area (Å²) in [6.07, 6.45) is 0. The molecule has 0 amide bonds. The minimum atomic E-state index is -0.189. The maximum Gasteiger partial charge on any atom is 0.193 e. The Hall–Kier alpha value is -9.79. The second-order valence-corrected chi connectivity index (χ2v) is 22.7. The minimum absolute atomic E-state index is 0.0167. The summed E-state index contributed by atoms with van der Waals surface area (Å²) in [7, 11) is 1.69. The first kappa shape index (κ1) is 59.4. The smallest absolute Gasteiger partial charge is 0.193 e. The maximum atomic E-state index is 12.7. The molecule has 0 aliphatic carbocycles. The Morgan fingerprint density at radius 2 is 0.477 bits per heavy atom. The van der Waals surface area contributed by atoms with Crippen molar-refractivity contribution in [1.29, 1.82) is 0 Å². The summed E-state index contributed by atoms with van der Waals surface area (Å²) in [5.74, 6) is 4.81. The van der Waals surface area contributed by atoms with E-state index in [9.17, 15) is 14.4 Å². The summed E-state index contributed by atoms with van der Waals surface area (Å²) < 4.78 is 23.4. The molecule has 11 aromatic rings. The molecule has 0 saturated carbocycles. The van der Waals surface area contributed by atoms with E-state index in [1.54, 1.807) is 116 Å². The zero-order chi connectivity index (χ0) is 60.4. The fourth-order valence-electron chi connectivity index (χ4n) is 9.85. The average Bonchev–Trinajstić information content (AvgIpc) is 1.97.